The number of thioether (sulfide) groups is 1. The van der Waals surface area contributed by atoms with Crippen molar-refractivity contribution >= 4 is 57.6 Å². The van der Waals surface area contributed by atoms with Crippen LogP contribution in [0.25, 0.3) is 10.8 Å². The van der Waals surface area contributed by atoms with E-state index < -0.39 is 17.1 Å². The number of hydrogen-bond acceptors (Lipinski definition) is 5. The van der Waals surface area contributed by atoms with Gasteiger partial charge in [0, 0.05) is 42.2 Å². The number of rotatable bonds is 6. The SMILES string of the molecule is COc1ccc(C2SC(CC(=O)N3CCC(C(=O)O)CC3)C(=O)N(CC(C)(C)C)c3ccc(Cl)cc32)c2ccccc12. The first kappa shape index (κ1) is 30.2. The fourth-order valence-corrected chi connectivity index (χ4v) is 7.63. The van der Waals surface area contributed by atoms with E-state index in [0.717, 1.165) is 33.3 Å². The summed E-state index contributed by atoms with van der Waals surface area (Å²) in [6.07, 6.45) is 0.884. The molecule has 0 bridgehead atoms. The number of likely N-dealkylation sites (tertiary alicyclic amines) is 1. The molecule has 3 aromatic rings. The molecule has 9 heteroatoms. The second kappa shape index (κ2) is 12.2. The first-order valence-corrected chi connectivity index (χ1v) is 15.6. The van der Waals surface area contributed by atoms with E-state index in [9.17, 15) is 19.5 Å². The van der Waals surface area contributed by atoms with E-state index >= 15 is 0 Å². The molecular weight excluding hydrogens is 572 g/mol. The third-order valence-corrected chi connectivity index (χ3v) is 9.73. The van der Waals surface area contributed by atoms with Crippen LogP contribution in [-0.2, 0) is 14.4 Å². The van der Waals surface area contributed by atoms with Crippen molar-refractivity contribution in [3.05, 3.63) is 70.7 Å². The number of hydrogen-bond donors (Lipinski definition) is 1. The van der Waals surface area contributed by atoms with Crippen LogP contribution >= 0.6 is 23.4 Å². The first-order valence-electron chi connectivity index (χ1n) is 14.3. The zero-order valence-corrected chi connectivity index (χ0v) is 26.0. The largest absolute Gasteiger partial charge is 0.496 e. The molecule has 1 saturated heterocycles. The van der Waals surface area contributed by atoms with Crippen molar-refractivity contribution in [3.8, 4) is 5.75 Å². The van der Waals surface area contributed by atoms with Crippen molar-refractivity contribution in [3.63, 3.8) is 0 Å². The predicted molar refractivity (Wildman–Crippen MR) is 169 cm³/mol. The molecule has 2 aliphatic heterocycles. The van der Waals surface area contributed by atoms with Gasteiger partial charge in [-0.05, 0) is 59.0 Å². The smallest absolute Gasteiger partial charge is 0.306 e. The second-order valence-corrected chi connectivity index (χ2v) is 14.0. The summed E-state index contributed by atoms with van der Waals surface area (Å²) in [5, 5.41) is 11.0. The Balaban J connectivity index is 1.59. The lowest BCUT2D eigenvalue weighted by Crippen LogP contribution is -2.45. The fourth-order valence-electron chi connectivity index (χ4n) is 5.95. The number of carbonyl (C=O) groups excluding carboxylic acids is 2. The molecule has 2 amide bonds. The van der Waals surface area contributed by atoms with E-state index in [0.29, 0.717) is 37.5 Å². The number of amides is 2. The molecule has 0 saturated carbocycles. The minimum Gasteiger partial charge on any atom is -0.496 e. The van der Waals surface area contributed by atoms with Crippen LogP contribution in [0.15, 0.2) is 54.6 Å². The number of anilines is 1. The quantitative estimate of drug-likeness (QED) is 0.331. The molecule has 2 atom stereocenters. The molecule has 42 heavy (non-hydrogen) atoms. The highest BCUT2D eigenvalue weighted by Crippen LogP contribution is 2.50. The number of carboxylic acid groups (broad SMARTS) is 1. The number of aliphatic carboxylic acids is 1. The van der Waals surface area contributed by atoms with Gasteiger partial charge in [0.1, 0.15) is 5.75 Å². The third-order valence-electron chi connectivity index (χ3n) is 8.01. The summed E-state index contributed by atoms with van der Waals surface area (Å²) in [4.78, 5) is 43.0. The highest BCUT2D eigenvalue weighted by atomic mass is 35.5. The van der Waals surface area contributed by atoms with Crippen LogP contribution in [0.3, 0.4) is 0 Å². The maximum atomic E-state index is 14.4. The molecule has 1 N–H and O–H groups in total. The van der Waals surface area contributed by atoms with E-state index in [1.807, 2.05) is 53.4 Å². The Morgan fingerprint density at radius 1 is 1.02 bits per heavy atom. The summed E-state index contributed by atoms with van der Waals surface area (Å²) in [5.74, 6) is -0.714. The van der Waals surface area contributed by atoms with Gasteiger partial charge in [0.25, 0.3) is 0 Å². The Labute approximate surface area is 256 Å². The van der Waals surface area contributed by atoms with Gasteiger partial charge in [0.15, 0.2) is 0 Å². The van der Waals surface area contributed by atoms with Crippen molar-refractivity contribution in [1.29, 1.82) is 0 Å². The second-order valence-electron chi connectivity index (χ2n) is 12.3. The monoisotopic (exact) mass is 608 g/mol. The van der Waals surface area contributed by atoms with Gasteiger partial charge < -0.3 is 19.6 Å². The van der Waals surface area contributed by atoms with E-state index in [1.165, 1.54) is 11.8 Å². The molecule has 0 aromatic heterocycles. The normalized spacial score (nSPS) is 19.9. The maximum Gasteiger partial charge on any atom is 0.306 e. The standard InChI is InChI=1S/C33H37ClN2O5S/c1-33(2,3)19-36-26-11-9-21(34)17-25(26)30(24-10-12-27(41-4)23-8-6-5-7-22(23)24)42-28(31(36)38)18-29(37)35-15-13-20(14-16-35)32(39)40/h5-12,17,20,28,30H,13-16,18-19H2,1-4H3,(H,39,40). The number of halogens is 1. The molecule has 1 fully saturated rings. The molecule has 3 aromatic carbocycles. The van der Waals surface area contributed by atoms with E-state index in [2.05, 4.69) is 26.8 Å². The lowest BCUT2D eigenvalue weighted by molar-refractivity contribution is -0.145. The zero-order valence-electron chi connectivity index (χ0n) is 24.4. The number of methoxy groups -OCH3 is 1. The molecule has 2 heterocycles. The third kappa shape index (κ3) is 6.25. The Morgan fingerprint density at radius 2 is 1.71 bits per heavy atom. The van der Waals surface area contributed by atoms with Gasteiger partial charge in [-0.1, -0.05) is 62.7 Å². The molecular formula is C33H37ClN2O5S. The molecule has 222 valence electrons. The molecule has 2 aliphatic rings. The number of ether oxygens (including phenoxy) is 1. The van der Waals surface area contributed by atoms with Crippen LogP contribution in [0.1, 0.15) is 56.4 Å². The average molecular weight is 609 g/mol. The number of benzene rings is 3. The number of nitrogens with zero attached hydrogens (tertiary/aromatic N) is 2. The predicted octanol–water partition coefficient (Wildman–Crippen LogP) is 6.80. The Morgan fingerprint density at radius 3 is 2.36 bits per heavy atom. The number of carboxylic acids is 1. The van der Waals surface area contributed by atoms with Crippen molar-refractivity contribution in [2.45, 2.75) is 50.5 Å². The van der Waals surface area contributed by atoms with Crippen LogP contribution in [-0.4, -0.2) is 59.8 Å². The van der Waals surface area contributed by atoms with Gasteiger partial charge in [-0.2, -0.15) is 0 Å². The zero-order chi connectivity index (χ0) is 30.2. The van der Waals surface area contributed by atoms with Crippen LogP contribution in [0.2, 0.25) is 5.02 Å². The van der Waals surface area contributed by atoms with Gasteiger partial charge in [0.2, 0.25) is 11.8 Å². The molecule has 5 rings (SSSR count). The van der Waals surface area contributed by atoms with Gasteiger partial charge in [-0.15, -0.1) is 11.8 Å². The highest BCUT2D eigenvalue weighted by molar-refractivity contribution is 8.01. The average Bonchev–Trinajstić information content (AvgIpc) is 3.06. The van der Waals surface area contributed by atoms with Crippen LogP contribution in [0.4, 0.5) is 5.69 Å². The Hall–Kier alpha value is -3.23. The van der Waals surface area contributed by atoms with Gasteiger partial charge in [0.05, 0.1) is 23.5 Å². The minimum absolute atomic E-state index is 0.0359. The van der Waals surface area contributed by atoms with Crippen molar-refractivity contribution < 1.29 is 24.2 Å². The van der Waals surface area contributed by atoms with E-state index in [-0.39, 0.29) is 28.9 Å². The minimum atomic E-state index is -0.819. The molecule has 0 aliphatic carbocycles. The van der Waals surface area contributed by atoms with Gasteiger partial charge in [-0.25, -0.2) is 0 Å². The molecule has 2 unspecified atom stereocenters. The van der Waals surface area contributed by atoms with Crippen molar-refractivity contribution in [1.82, 2.24) is 4.90 Å². The van der Waals surface area contributed by atoms with Crippen molar-refractivity contribution in [2.24, 2.45) is 11.3 Å². The number of carbonyl (C=O) groups is 3. The lowest BCUT2D eigenvalue weighted by atomic mass is 9.93. The molecule has 0 spiro atoms. The van der Waals surface area contributed by atoms with Crippen LogP contribution < -0.4 is 9.64 Å². The van der Waals surface area contributed by atoms with E-state index in [1.54, 1.807) is 12.0 Å². The van der Waals surface area contributed by atoms with Crippen LogP contribution in [0.5, 0.6) is 5.75 Å². The van der Waals surface area contributed by atoms with E-state index in [4.69, 9.17) is 16.3 Å². The number of piperidine rings is 1. The Kier molecular flexibility index (Phi) is 8.76. The summed E-state index contributed by atoms with van der Waals surface area (Å²) < 4.78 is 5.66. The summed E-state index contributed by atoms with van der Waals surface area (Å²) >= 11 is 8.08. The summed E-state index contributed by atoms with van der Waals surface area (Å²) in [6, 6.07) is 17.7. The van der Waals surface area contributed by atoms with Gasteiger partial charge >= 0.3 is 5.97 Å². The summed E-state index contributed by atoms with van der Waals surface area (Å²) in [7, 11) is 1.65. The topological polar surface area (TPSA) is 87.1 Å². The van der Waals surface area contributed by atoms with Crippen LogP contribution in [0, 0.1) is 11.3 Å². The molecule has 7 nitrogen and oxygen atoms in total. The first-order chi connectivity index (χ1) is 20.0. The van der Waals surface area contributed by atoms with Crippen molar-refractivity contribution in [2.75, 3.05) is 31.6 Å². The molecule has 0 radical (unpaired) electrons. The summed E-state index contributed by atoms with van der Waals surface area (Å²) in [5.41, 5.74) is 2.55. The lowest BCUT2D eigenvalue weighted by Gasteiger charge is -2.33. The van der Waals surface area contributed by atoms with Gasteiger partial charge in [-0.3, -0.25) is 14.4 Å². The fraction of sp³-hybridized carbons (Fsp3) is 0.424. The Bertz CT molecular complexity index is 1510. The number of fused-ring (bicyclic) bond motifs is 2. The summed E-state index contributed by atoms with van der Waals surface area (Å²) in [6.45, 7) is 7.52. The maximum absolute atomic E-state index is 14.4. The highest BCUT2D eigenvalue weighted by Gasteiger charge is 2.40.